The molecule has 174 valence electrons. The van der Waals surface area contributed by atoms with Crippen LogP contribution in [0.5, 0.6) is 0 Å². The Hall–Kier alpha value is -2.97. The highest BCUT2D eigenvalue weighted by atomic mass is 35.5. The van der Waals surface area contributed by atoms with Gasteiger partial charge in [-0.1, -0.05) is 29.8 Å². The largest absolute Gasteiger partial charge is 0.468 e. The van der Waals surface area contributed by atoms with E-state index in [1.54, 1.807) is 17.2 Å². The number of hydrogen-bond donors (Lipinski definition) is 0. The number of fused-ring (bicyclic) bond motifs is 1. The van der Waals surface area contributed by atoms with Crippen molar-refractivity contribution in [3.05, 3.63) is 58.4 Å². The Morgan fingerprint density at radius 2 is 1.82 bits per heavy atom. The van der Waals surface area contributed by atoms with Crippen molar-refractivity contribution in [1.82, 2.24) is 24.6 Å². The molecule has 1 atom stereocenters. The number of halogens is 1. The SMILES string of the molecule is COC(=O)C(c1ccccc1Cl)N1CCN(C(=O)c2cc3cnn(C(C)C)c3nc2C)CC1. The molecule has 1 amide bonds. The van der Waals surface area contributed by atoms with Gasteiger partial charge in [0.25, 0.3) is 5.91 Å². The number of nitrogens with zero attached hydrogens (tertiary/aromatic N) is 5. The lowest BCUT2D eigenvalue weighted by molar-refractivity contribution is -0.148. The van der Waals surface area contributed by atoms with Crippen molar-refractivity contribution in [3.8, 4) is 0 Å². The summed E-state index contributed by atoms with van der Waals surface area (Å²) in [6, 6.07) is 8.73. The summed E-state index contributed by atoms with van der Waals surface area (Å²) in [7, 11) is 1.37. The van der Waals surface area contributed by atoms with E-state index < -0.39 is 6.04 Å². The molecule has 3 heterocycles. The fraction of sp³-hybridized carbons (Fsp3) is 0.417. The normalized spacial score (nSPS) is 15.8. The summed E-state index contributed by atoms with van der Waals surface area (Å²) in [6.07, 6.45) is 1.75. The molecule has 1 unspecified atom stereocenters. The molecule has 1 saturated heterocycles. The van der Waals surface area contributed by atoms with Crippen LogP contribution in [0, 0.1) is 6.92 Å². The molecule has 3 aromatic rings. The minimum Gasteiger partial charge on any atom is -0.468 e. The third-order valence-corrected chi connectivity index (χ3v) is 6.41. The first-order valence-corrected chi connectivity index (χ1v) is 11.4. The van der Waals surface area contributed by atoms with E-state index in [4.69, 9.17) is 16.3 Å². The fourth-order valence-electron chi connectivity index (χ4n) is 4.29. The van der Waals surface area contributed by atoms with Gasteiger partial charge >= 0.3 is 5.97 Å². The number of aryl methyl sites for hydroxylation is 1. The van der Waals surface area contributed by atoms with Crippen LogP contribution in [-0.4, -0.2) is 69.7 Å². The van der Waals surface area contributed by atoms with Gasteiger partial charge in [0.2, 0.25) is 0 Å². The third kappa shape index (κ3) is 4.45. The van der Waals surface area contributed by atoms with Crippen molar-refractivity contribution in [1.29, 1.82) is 0 Å². The Labute approximate surface area is 198 Å². The highest BCUT2D eigenvalue weighted by Gasteiger charge is 2.34. The lowest BCUT2D eigenvalue weighted by Gasteiger charge is -2.38. The van der Waals surface area contributed by atoms with Gasteiger partial charge in [0.15, 0.2) is 5.65 Å². The van der Waals surface area contributed by atoms with E-state index in [1.165, 1.54) is 7.11 Å². The van der Waals surface area contributed by atoms with Gasteiger partial charge in [-0.3, -0.25) is 9.69 Å². The zero-order valence-electron chi connectivity index (χ0n) is 19.3. The number of esters is 1. The topological polar surface area (TPSA) is 80.6 Å². The summed E-state index contributed by atoms with van der Waals surface area (Å²) in [5, 5.41) is 5.77. The average Bonchev–Trinajstić information content (AvgIpc) is 3.22. The standard InChI is InChI=1S/C24H28ClN5O3/c1-15(2)30-22-17(14-26-30)13-19(16(3)27-22)23(31)29-11-9-28(10-12-29)21(24(32)33-4)18-7-5-6-8-20(18)25/h5-8,13-15,21H,9-12H2,1-4H3. The minimum atomic E-state index is -0.609. The smallest absolute Gasteiger partial charge is 0.327 e. The first-order valence-electron chi connectivity index (χ1n) is 11.0. The molecule has 0 saturated carbocycles. The maximum absolute atomic E-state index is 13.3. The third-order valence-electron chi connectivity index (χ3n) is 6.07. The number of amides is 1. The first kappa shape index (κ1) is 23.2. The summed E-state index contributed by atoms with van der Waals surface area (Å²) < 4.78 is 6.92. The Balaban J connectivity index is 1.52. The highest BCUT2D eigenvalue weighted by Crippen LogP contribution is 2.30. The molecular weight excluding hydrogens is 442 g/mol. The van der Waals surface area contributed by atoms with Gasteiger partial charge in [0.1, 0.15) is 6.04 Å². The predicted octanol–water partition coefficient (Wildman–Crippen LogP) is 3.65. The Kier molecular flexibility index (Phi) is 6.67. The number of methoxy groups -OCH3 is 1. The molecule has 0 aliphatic carbocycles. The quantitative estimate of drug-likeness (QED) is 0.531. The number of benzene rings is 1. The number of aromatic nitrogens is 3. The molecule has 1 aliphatic heterocycles. The lowest BCUT2D eigenvalue weighted by Crippen LogP contribution is -2.51. The number of rotatable bonds is 5. The van der Waals surface area contributed by atoms with Crippen molar-refractivity contribution in [2.24, 2.45) is 0 Å². The van der Waals surface area contributed by atoms with Crippen LogP contribution >= 0.6 is 11.6 Å². The van der Waals surface area contributed by atoms with Crippen molar-refractivity contribution < 1.29 is 14.3 Å². The van der Waals surface area contributed by atoms with E-state index >= 15 is 0 Å². The molecule has 2 aromatic heterocycles. The zero-order chi connectivity index (χ0) is 23.7. The molecule has 1 fully saturated rings. The second-order valence-electron chi connectivity index (χ2n) is 8.49. The number of piperazine rings is 1. The van der Waals surface area contributed by atoms with Gasteiger partial charge < -0.3 is 9.64 Å². The summed E-state index contributed by atoms with van der Waals surface area (Å²) in [6.45, 7) is 7.97. The zero-order valence-corrected chi connectivity index (χ0v) is 20.0. The molecule has 33 heavy (non-hydrogen) atoms. The van der Waals surface area contributed by atoms with Gasteiger partial charge in [-0.05, 0) is 38.5 Å². The molecule has 4 rings (SSSR count). The Morgan fingerprint density at radius 3 is 2.45 bits per heavy atom. The Morgan fingerprint density at radius 1 is 1.12 bits per heavy atom. The fourth-order valence-corrected chi connectivity index (χ4v) is 4.53. The Bertz CT molecular complexity index is 1180. The van der Waals surface area contributed by atoms with Gasteiger partial charge in [-0.25, -0.2) is 14.5 Å². The summed E-state index contributed by atoms with van der Waals surface area (Å²) in [5.74, 6) is -0.429. The van der Waals surface area contributed by atoms with Crippen LogP contribution in [0.25, 0.3) is 11.0 Å². The van der Waals surface area contributed by atoms with Crippen LogP contribution < -0.4 is 0 Å². The second kappa shape index (κ2) is 9.49. The van der Waals surface area contributed by atoms with Crippen molar-refractivity contribution in [3.63, 3.8) is 0 Å². The van der Waals surface area contributed by atoms with Crippen LogP contribution in [0.4, 0.5) is 0 Å². The number of hydrogen-bond acceptors (Lipinski definition) is 6. The highest BCUT2D eigenvalue weighted by molar-refractivity contribution is 6.31. The first-order chi connectivity index (χ1) is 15.8. The van der Waals surface area contributed by atoms with E-state index in [2.05, 4.69) is 10.1 Å². The average molecular weight is 470 g/mol. The lowest BCUT2D eigenvalue weighted by atomic mass is 10.0. The minimum absolute atomic E-state index is 0.0637. The van der Waals surface area contributed by atoms with Gasteiger partial charge in [0.05, 0.1) is 24.6 Å². The molecule has 0 spiro atoms. The van der Waals surface area contributed by atoms with Crippen LogP contribution in [0.3, 0.4) is 0 Å². The van der Waals surface area contributed by atoms with E-state index in [0.717, 1.165) is 11.0 Å². The number of carbonyl (C=O) groups is 2. The second-order valence-corrected chi connectivity index (χ2v) is 8.90. The summed E-state index contributed by atoms with van der Waals surface area (Å²) >= 11 is 6.37. The van der Waals surface area contributed by atoms with Gasteiger partial charge in [-0.15, -0.1) is 0 Å². The molecular formula is C24H28ClN5O3. The molecule has 1 aromatic carbocycles. The molecule has 9 heteroatoms. The molecule has 0 radical (unpaired) electrons. The van der Waals surface area contributed by atoms with Crippen LogP contribution in [0.2, 0.25) is 5.02 Å². The van der Waals surface area contributed by atoms with Crippen LogP contribution in [0.1, 0.15) is 47.5 Å². The number of carbonyl (C=O) groups excluding carboxylic acids is 2. The monoisotopic (exact) mass is 469 g/mol. The van der Waals surface area contributed by atoms with E-state index in [0.29, 0.717) is 48.0 Å². The van der Waals surface area contributed by atoms with Crippen molar-refractivity contribution >= 4 is 34.5 Å². The maximum Gasteiger partial charge on any atom is 0.327 e. The molecule has 8 nitrogen and oxygen atoms in total. The molecule has 0 N–H and O–H groups in total. The maximum atomic E-state index is 13.3. The number of pyridine rings is 1. The summed E-state index contributed by atoms with van der Waals surface area (Å²) in [5.41, 5.74) is 2.75. The molecule has 1 aliphatic rings. The van der Waals surface area contributed by atoms with E-state index in [9.17, 15) is 9.59 Å². The van der Waals surface area contributed by atoms with E-state index in [-0.39, 0.29) is 17.9 Å². The van der Waals surface area contributed by atoms with Crippen molar-refractivity contribution in [2.75, 3.05) is 33.3 Å². The van der Waals surface area contributed by atoms with Gasteiger partial charge in [-0.2, -0.15) is 5.10 Å². The predicted molar refractivity (Wildman–Crippen MR) is 126 cm³/mol. The van der Waals surface area contributed by atoms with Crippen LogP contribution in [0.15, 0.2) is 36.5 Å². The van der Waals surface area contributed by atoms with Crippen molar-refractivity contribution in [2.45, 2.75) is 32.9 Å². The number of ether oxygens (including phenoxy) is 1. The van der Waals surface area contributed by atoms with Crippen LogP contribution in [-0.2, 0) is 9.53 Å². The van der Waals surface area contributed by atoms with Gasteiger partial charge in [0, 0.05) is 42.6 Å². The van der Waals surface area contributed by atoms with E-state index in [1.807, 2.05) is 54.6 Å². The molecule has 0 bridgehead atoms. The summed E-state index contributed by atoms with van der Waals surface area (Å²) in [4.78, 5) is 34.4.